The Balaban J connectivity index is 0.000000300. The maximum absolute atomic E-state index is 5.58. The number of methoxy groups -OCH3 is 6. The van der Waals surface area contributed by atoms with Crippen molar-refractivity contribution in [2.75, 3.05) is 56.8 Å². The van der Waals surface area contributed by atoms with Crippen molar-refractivity contribution < 1.29 is 28.4 Å². The number of likely N-dealkylation sites (N-methyl/N-ethyl adjacent to an activating group) is 2. The van der Waals surface area contributed by atoms with E-state index in [0.29, 0.717) is 47.6 Å². The summed E-state index contributed by atoms with van der Waals surface area (Å²) in [6.45, 7) is 9.65. The number of ether oxygens (including phenoxy) is 6. The van der Waals surface area contributed by atoms with E-state index in [4.69, 9.17) is 52.9 Å². The van der Waals surface area contributed by atoms with Crippen LogP contribution in [0.2, 0.25) is 0 Å². The predicted octanol–water partition coefficient (Wildman–Crippen LogP) is 11.1. The Kier molecular flexibility index (Phi) is 18.2. The van der Waals surface area contributed by atoms with Gasteiger partial charge in [0.15, 0.2) is 23.0 Å². The Morgan fingerprint density at radius 3 is 1.07 bits per heavy atom. The van der Waals surface area contributed by atoms with Gasteiger partial charge in [0, 0.05) is 36.1 Å². The molecule has 0 aliphatic carbocycles. The maximum Gasteiger partial charge on any atom is 0.203 e. The fourth-order valence-electron chi connectivity index (χ4n) is 5.62. The van der Waals surface area contributed by atoms with Gasteiger partial charge in [0.1, 0.15) is 9.98 Å². The minimum atomic E-state index is 0.583. The van der Waals surface area contributed by atoms with E-state index in [2.05, 4.69) is 83.8 Å². The molecule has 0 spiro atoms. The van der Waals surface area contributed by atoms with E-state index in [1.165, 1.54) is 22.3 Å². The summed E-state index contributed by atoms with van der Waals surface area (Å²) < 4.78 is 34.7. The molecule has 0 radical (unpaired) electrons. The van der Waals surface area contributed by atoms with Gasteiger partial charge < -0.3 is 38.2 Å². The van der Waals surface area contributed by atoms with Crippen LogP contribution in [0.4, 0.5) is 0 Å². The minimum Gasteiger partial charge on any atom is -0.493 e. The summed E-state index contributed by atoms with van der Waals surface area (Å²) in [5.41, 5.74) is 9.23. The molecule has 4 rings (SSSR count). The summed E-state index contributed by atoms with van der Waals surface area (Å²) in [5, 5.41) is 0. The maximum atomic E-state index is 5.58. The number of hydrogen-bond donors (Lipinski definition) is 0. The van der Waals surface area contributed by atoms with Gasteiger partial charge in [-0.15, -0.1) is 0 Å². The molecule has 0 aromatic heterocycles. The number of hydrogen-bond acceptors (Lipinski definition) is 8. The molecule has 0 atom stereocenters. The van der Waals surface area contributed by atoms with Gasteiger partial charge >= 0.3 is 0 Å². The number of rotatable bonds is 14. The normalized spacial score (nSPS) is 10.8. The van der Waals surface area contributed by atoms with Crippen molar-refractivity contribution >= 4 is 78.4 Å². The zero-order valence-corrected chi connectivity index (χ0v) is 39.1. The Hall–Kier alpha value is -4.10. The van der Waals surface area contributed by atoms with Crippen molar-refractivity contribution in [3.8, 4) is 34.5 Å². The summed E-state index contributed by atoms with van der Waals surface area (Å²) in [4.78, 5) is 5.48. The highest BCUT2D eigenvalue weighted by Crippen LogP contribution is 2.39. The molecule has 0 saturated heterocycles. The fourth-order valence-corrected chi connectivity index (χ4v) is 7.04. The molecule has 12 heteroatoms. The van der Waals surface area contributed by atoms with Crippen molar-refractivity contribution in [2.45, 2.75) is 40.8 Å². The lowest BCUT2D eigenvalue weighted by molar-refractivity contribution is 0.323. The Bertz CT molecular complexity index is 1840. The van der Waals surface area contributed by atoms with E-state index in [9.17, 15) is 0 Å². The first-order valence-corrected chi connectivity index (χ1v) is 20.0. The van der Waals surface area contributed by atoms with E-state index in [1.54, 1.807) is 42.7 Å². The van der Waals surface area contributed by atoms with Crippen LogP contribution in [-0.4, -0.2) is 76.5 Å². The van der Waals surface area contributed by atoms with Gasteiger partial charge in [0.2, 0.25) is 11.5 Å². The van der Waals surface area contributed by atoms with Crippen LogP contribution in [0.5, 0.6) is 34.5 Å². The molecule has 4 aromatic rings. The highest BCUT2D eigenvalue weighted by molar-refractivity contribution is 9.10. The number of nitrogens with zero attached hydrogens (tertiary/aromatic N) is 2. The van der Waals surface area contributed by atoms with E-state index < -0.39 is 0 Å². The zero-order chi connectivity index (χ0) is 41.7. The highest BCUT2D eigenvalue weighted by atomic mass is 79.9. The molecule has 0 aliphatic heterocycles. The monoisotopic (exact) mass is 926 g/mol. The molecular formula is C44H52Br2N2O6S2. The lowest BCUT2D eigenvalue weighted by atomic mass is 10.1. The van der Waals surface area contributed by atoms with Gasteiger partial charge in [-0.25, -0.2) is 0 Å². The molecule has 4 aromatic carbocycles. The van der Waals surface area contributed by atoms with Crippen molar-refractivity contribution in [2.24, 2.45) is 0 Å². The predicted molar refractivity (Wildman–Crippen MR) is 246 cm³/mol. The van der Waals surface area contributed by atoms with Gasteiger partial charge in [0.25, 0.3) is 0 Å². The molecular weight excluding hydrogens is 876 g/mol. The SMILES string of the molecule is COc1cc(CN(C)C(=S)/C=C/c2cc(C)c(C)c(Br)c2)cc(OC)c1OC.COc1cc(CN(C)C(=S)/C=C/c2cc(C)c(C)c(Br)c2)cc(OC)c1OC. The number of benzene rings is 4. The molecule has 0 saturated carbocycles. The van der Waals surface area contributed by atoms with Gasteiger partial charge in [-0.05, 0) is 121 Å². The quantitative estimate of drug-likeness (QED) is 0.0903. The molecule has 0 aliphatic rings. The summed E-state index contributed by atoms with van der Waals surface area (Å²) in [5.74, 6) is 3.69. The van der Waals surface area contributed by atoms with Crippen molar-refractivity contribution in [1.29, 1.82) is 0 Å². The molecule has 0 unspecified atom stereocenters. The van der Waals surface area contributed by atoms with Gasteiger partial charge in [-0.1, -0.05) is 80.6 Å². The molecule has 0 bridgehead atoms. The molecule has 0 N–H and O–H groups in total. The van der Waals surface area contributed by atoms with Crippen molar-refractivity contribution in [3.63, 3.8) is 0 Å². The minimum absolute atomic E-state index is 0.583. The second kappa shape index (κ2) is 22.0. The van der Waals surface area contributed by atoms with Crippen LogP contribution in [0.25, 0.3) is 12.2 Å². The largest absolute Gasteiger partial charge is 0.493 e. The topological polar surface area (TPSA) is 61.9 Å². The second-order valence-corrected chi connectivity index (χ2v) is 15.6. The summed E-state index contributed by atoms with van der Waals surface area (Å²) in [7, 11) is 13.6. The van der Waals surface area contributed by atoms with E-state index in [0.717, 1.165) is 41.2 Å². The van der Waals surface area contributed by atoms with Crippen LogP contribution < -0.4 is 28.4 Å². The first-order chi connectivity index (χ1) is 26.6. The van der Waals surface area contributed by atoms with E-state index >= 15 is 0 Å². The average molecular weight is 929 g/mol. The van der Waals surface area contributed by atoms with Crippen molar-refractivity contribution in [1.82, 2.24) is 9.80 Å². The molecule has 300 valence electrons. The van der Waals surface area contributed by atoms with Gasteiger partial charge in [-0.3, -0.25) is 0 Å². The Morgan fingerprint density at radius 1 is 0.518 bits per heavy atom. The lowest BCUT2D eigenvalue weighted by Gasteiger charge is -2.20. The highest BCUT2D eigenvalue weighted by Gasteiger charge is 2.16. The van der Waals surface area contributed by atoms with E-state index in [-0.39, 0.29) is 0 Å². The summed E-state index contributed by atoms with van der Waals surface area (Å²) in [6, 6.07) is 16.2. The number of aryl methyl sites for hydroxylation is 2. The average Bonchev–Trinajstić information content (AvgIpc) is 3.18. The lowest BCUT2D eigenvalue weighted by Crippen LogP contribution is -2.22. The summed E-state index contributed by atoms with van der Waals surface area (Å²) >= 11 is 18.4. The van der Waals surface area contributed by atoms with Crippen molar-refractivity contribution in [3.05, 3.63) is 114 Å². The smallest absolute Gasteiger partial charge is 0.203 e. The molecule has 0 heterocycles. The summed E-state index contributed by atoms with van der Waals surface area (Å²) in [6.07, 6.45) is 7.96. The van der Waals surface area contributed by atoms with Crippen LogP contribution >= 0.6 is 56.3 Å². The number of thiocarbonyl (C=S) groups is 2. The first kappa shape index (κ1) is 46.3. The third kappa shape index (κ3) is 12.4. The number of halogens is 2. The molecule has 0 fully saturated rings. The Labute approximate surface area is 360 Å². The molecule has 8 nitrogen and oxygen atoms in total. The van der Waals surface area contributed by atoms with Crippen LogP contribution in [0, 0.1) is 27.7 Å². The second-order valence-electron chi connectivity index (χ2n) is 13.0. The van der Waals surface area contributed by atoms with Crippen LogP contribution in [-0.2, 0) is 13.1 Å². The Morgan fingerprint density at radius 2 is 0.821 bits per heavy atom. The van der Waals surface area contributed by atoms with Crippen LogP contribution in [0.15, 0.2) is 69.6 Å². The first-order valence-electron chi connectivity index (χ1n) is 17.6. The standard InChI is InChI=1S/2C22H26BrNO3S/c2*1-14-9-16(10-18(23)15(14)2)7-8-21(28)24(3)13-17-11-19(25-4)22(27-6)20(12-17)26-5/h2*7-12H,13H2,1-6H3/b2*8-7+. The molecule has 56 heavy (non-hydrogen) atoms. The van der Waals surface area contributed by atoms with E-state index in [1.807, 2.05) is 72.5 Å². The van der Waals surface area contributed by atoms with Crippen LogP contribution in [0.1, 0.15) is 44.5 Å². The zero-order valence-electron chi connectivity index (χ0n) is 34.3. The third-order valence-corrected chi connectivity index (χ3v) is 11.7. The fraction of sp³-hybridized carbons (Fsp3) is 0.318. The van der Waals surface area contributed by atoms with Gasteiger partial charge in [-0.2, -0.15) is 0 Å². The van der Waals surface area contributed by atoms with Crippen LogP contribution in [0.3, 0.4) is 0 Å². The van der Waals surface area contributed by atoms with Gasteiger partial charge in [0.05, 0.1) is 42.7 Å². The third-order valence-electron chi connectivity index (χ3n) is 9.13. The molecule has 0 amide bonds.